The van der Waals surface area contributed by atoms with Crippen LogP contribution in [0.2, 0.25) is 0 Å². The number of carbonyl (C=O) groups excluding carboxylic acids is 2. The third-order valence-electron chi connectivity index (χ3n) is 6.24. The first-order chi connectivity index (χ1) is 15.0. The standard InChI is InChI=1S/C25H30N2O4/c1-17-3-5-19(6-4-17)16-26-25(29)18(2)27-11-9-20(10-12-27)24(28)21-7-8-22-23(15-21)31-14-13-30-22/h3-8,15,18,20H,9-14,16H2,1-2H3,(H,26,29)/t18-/m0/s1. The highest BCUT2D eigenvalue weighted by atomic mass is 16.6. The fourth-order valence-electron chi connectivity index (χ4n) is 4.19. The third kappa shape index (κ3) is 5.07. The van der Waals surface area contributed by atoms with Gasteiger partial charge in [0, 0.05) is 18.0 Å². The van der Waals surface area contributed by atoms with E-state index in [0.717, 1.165) is 31.5 Å². The molecule has 0 aromatic heterocycles. The number of ketones is 1. The van der Waals surface area contributed by atoms with Crippen LogP contribution in [0.1, 0.15) is 41.3 Å². The number of benzene rings is 2. The Morgan fingerprint density at radius 2 is 1.71 bits per heavy atom. The molecule has 0 bridgehead atoms. The zero-order valence-electron chi connectivity index (χ0n) is 18.2. The molecule has 2 heterocycles. The summed E-state index contributed by atoms with van der Waals surface area (Å²) in [6, 6.07) is 13.4. The molecule has 1 atom stereocenters. The SMILES string of the molecule is Cc1ccc(CNC(=O)[C@H](C)N2CCC(C(=O)c3ccc4c(c3)OCCO4)CC2)cc1. The van der Waals surface area contributed by atoms with Crippen LogP contribution in [0.5, 0.6) is 11.5 Å². The molecule has 2 aromatic rings. The minimum Gasteiger partial charge on any atom is -0.486 e. The van der Waals surface area contributed by atoms with Crippen LogP contribution in [0.3, 0.4) is 0 Å². The summed E-state index contributed by atoms with van der Waals surface area (Å²) in [6.07, 6.45) is 1.51. The molecule has 2 aromatic carbocycles. The van der Waals surface area contributed by atoms with Crippen molar-refractivity contribution in [3.05, 3.63) is 59.2 Å². The number of fused-ring (bicyclic) bond motifs is 1. The van der Waals surface area contributed by atoms with Crippen molar-refractivity contribution in [1.29, 1.82) is 0 Å². The minimum atomic E-state index is -0.212. The van der Waals surface area contributed by atoms with Crippen molar-refractivity contribution in [3.63, 3.8) is 0 Å². The van der Waals surface area contributed by atoms with E-state index in [2.05, 4.69) is 22.3 Å². The van der Waals surface area contributed by atoms with Crippen LogP contribution in [-0.4, -0.2) is 48.9 Å². The van der Waals surface area contributed by atoms with Gasteiger partial charge in [-0.15, -0.1) is 0 Å². The summed E-state index contributed by atoms with van der Waals surface area (Å²) in [7, 11) is 0. The first kappa shape index (κ1) is 21.4. The number of nitrogens with zero attached hydrogens (tertiary/aromatic N) is 1. The zero-order chi connectivity index (χ0) is 21.8. The van der Waals surface area contributed by atoms with Crippen molar-refractivity contribution in [2.24, 2.45) is 5.92 Å². The number of amides is 1. The van der Waals surface area contributed by atoms with Crippen LogP contribution in [0.25, 0.3) is 0 Å². The maximum atomic E-state index is 13.0. The minimum absolute atomic E-state index is 0.0252. The second-order valence-electron chi connectivity index (χ2n) is 8.41. The van der Waals surface area contributed by atoms with E-state index in [9.17, 15) is 9.59 Å². The van der Waals surface area contributed by atoms with Crippen molar-refractivity contribution in [1.82, 2.24) is 10.2 Å². The van der Waals surface area contributed by atoms with Crippen molar-refractivity contribution in [2.75, 3.05) is 26.3 Å². The molecule has 6 heteroatoms. The van der Waals surface area contributed by atoms with E-state index < -0.39 is 0 Å². The van der Waals surface area contributed by atoms with E-state index in [4.69, 9.17) is 9.47 Å². The van der Waals surface area contributed by atoms with E-state index in [1.165, 1.54) is 5.56 Å². The topological polar surface area (TPSA) is 67.9 Å². The number of piperidine rings is 1. The molecule has 1 N–H and O–H groups in total. The van der Waals surface area contributed by atoms with Gasteiger partial charge in [-0.3, -0.25) is 14.5 Å². The first-order valence-corrected chi connectivity index (χ1v) is 11.0. The smallest absolute Gasteiger partial charge is 0.237 e. The lowest BCUT2D eigenvalue weighted by Crippen LogP contribution is -2.48. The highest BCUT2D eigenvalue weighted by Crippen LogP contribution is 2.32. The Balaban J connectivity index is 1.28. The van der Waals surface area contributed by atoms with Gasteiger partial charge in [0.05, 0.1) is 6.04 Å². The number of hydrogen-bond donors (Lipinski definition) is 1. The molecule has 31 heavy (non-hydrogen) atoms. The second-order valence-corrected chi connectivity index (χ2v) is 8.41. The predicted molar refractivity (Wildman–Crippen MR) is 119 cm³/mol. The molecule has 0 aliphatic carbocycles. The van der Waals surface area contributed by atoms with Crippen molar-refractivity contribution in [2.45, 2.75) is 39.3 Å². The second kappa shape index (κ2) is 9.52. The van der Waals surface area contributed by atoms with Gasteiger partial charge in [-0.2, -0.15) is 0 Å². The number of rotatable bonds is 6. The van der Waals surface area contributed by atoms with E-state index in [1.54, 1.807) is 6.07 Å². The van der Waals surface area contributed by atoms with Gasteiger partial charge in [0.1, 0.15) is 13.2 Å². The number of Topliss-reactive ketones (excluding diaryl/α,β-unsaturated/α-hetero) is 1. The van der Waals surface area contributed by atoms with Gasteiger partial charge in [0.25, 0.3) is 0 Å². The average Bonchev–Trinajstić information content (AvgIpc) is 2.82. The summed E-state index contributed by atoms with van der Waals surface area (Å²) in [4.78, 5) is 27.8. The monoisotopic (exact) mass is 422 g/mol. The van der Waals surface area contributed by atoms with E-state index >= 15 is 0 Å². The van der Waals surface area contributed by atoms with Gasteiger partial charge >= 0.3 is 0 Å². The Labute approximate surface area is 183 Å². The van der Waals surface area contributed by atoms with Crippen LogP contribution < -0.4 is 14.8 Å². The molecule has 0 saturated carbocycles. The van der Waals surface area contributed by atoms with Crippen molar-refractivity contribution >= 4 is 11.7 Å². The molecule has 0 unspecified atom stereocenters. The number of carbonyl (C=O) groups is 2. The quantitative estimate of drug-likeness (QED) is 0.723. The first-order valence-electron chi connectivity index (χ1n) is 11.0. The van der Waals surface area contributed by atoms with Gasteiger partial charge in [0.2, 0.25) is 5.91 Å². The molecule has 164 valence electrons. The number of ether oxygens (including phenoxy) is 2. The van der Waals surface area contributed by atoms with Crippen LogP contribution in [0.15, 0.2) is 42.5 Å². The normalized spacial score (nSPS) is 17.7. The predicted octanol–water partition coefficient (Wildman–Crippen LogP) is 3.37. The lowest BCUT2D eigenvalue weighted by Gasteiger charge is -2.34. The summed E-state index contributed by atoms with van der Waals surface area (Å²) >= 11 is 0. The molecule has 1 saturated heterocycles. The molecule has 1 fully saturated rings. The molecular weight excluding hydrogens is 392 g/mol. The van der Waals surface area contributed by atoms with E-state index in [0.29, 0.717) is 36.8 Å². The molecule has 0 radical (unpaired) electrons. The maximum Gasteiger partial charge on any atom is 0.237 e. The number of likely N-dealkylation sites (tertiary alicyclic amines) is 1. The Kier molecular flexibility index (Phi) is 6.56. The lowest BCUT2D eigenvalue weighted by molar-refractivity contribution is -0.126. The highest BCUT2D eigenvalue weighted by Gasteiger charge is 2.30. The molecule has 0 spiro atoms. The van der Waals surface area contributed by atoms with Crippen molar-refractivity contribution in [3.8, 4) is 11.5 Å². The van der Waals surface area contributed by atoms with E-state index in [-0.39, 0.29) is 23.7 Å². The molecule has 2 aliphatic rings. The molecule has 1 amide bonds. The number of nitrogens with one attached hydrogen (secondary N) is 1. The molecule has 6 nitrogen and oxygen atoms in total. The van der Waals surface area contributed by atoms with Gasteiger partial charge in [-0.25, -0.2) is 0 Å². The lowest BCUT2D eigenvalue weighted by atomic mass is 9.88. The molecule has 2 aliphatic heterocycles. The van der Waals surface area contributed by atoms with Gasteiger partial charge in [-0.05, 0) is 63.5 Å². The summed E-state index contributed by atoms with van der Waals surface area (Å²) < 4.78 is 11.1. The third-order valence-corrected chi connectivity index (χ3v) is 6.24. The summed E-state index contributed by atoms with van der Waals surface area (Å²) in [5.41, 5.74) is 2.97. The number of hydrogen-bond acceptors (Lipinski definition) is 5. The van der Waals surface area contributed by atoms with Crippen LogP contribution in [0, 0.1) is 12.8 Å². The van der Waals surface area contributed by atoms with Gasteiger partial charge in [-0.1, -0.05) is 29.8 Å². The van der Waals surface area contributed by atoms with Gasteiger partial charge < -0.3 is 14.8 Å². The number of aryl methyl sites for hydroxylation is 1. The summed E-state index contributed by atoms with van der Waals surface area (Å²) in [5, 5.41) is 3.03. The maximum absolute atomic E-state index is 13.0. The van der Waals surface area contributed by atoms with Crippen LogP contribution >= 0.6 is 0 Å². The Morgan fingerprint density at radius 1 is 1.03 bits per heavy atom. The largest absolute Gasteiger partial charge is 0.486 e. The van der Waals surface area contributed by atoms with Crippen LogP contribution in [0.4, 0.5) is 0 Å². The highest BCUT2D eigenvalue weighted by molar-refractivity contribution is 5.98. The molecule has 4 rings (SSSR count). The Morgan fingerprint density at radius 3 is 2.42 bits per heavy atom. The fraction of sp³-hybridized carbons (Fsp3) is 0.440. The zero-order valence-corrected chi connectivity index (χ0v) is 18.2. The van der Waals surface area contributed by atoms with Crippen LogP contribution in [-0.2, 0) is 11.3 Å². The van der Waals surface area contributed by atoms with E-state index in [1.807, 2.05) is 38.1 Å². The summed E-state index contributed by atoms with van der Waals surface area (Å²) in [5.74, 6) is 1.49. The average molecular weight is 423 g/mol. The fourth-order valence-corrected chi connectivity index (χ4v) is 4.19. The summed E-state index contributed by atoms with van der Waals surface area (Å²) in [6.45, 7) is 7.03. The van der Waals surface area contributed by atoms with Crippen molar-refractivity contribution < 1.29 is 19.1 Å². The Hall–Kier alpha value is -2.86. The Bertz CT molecular complexity index is 933. The van der Waals surface area contributed by atoms with Gasteiger partial charge in [0.15, 0.2) is 17.3 Å². The molecular formula is C25H30N2O4.